The topological polar surface area (TPSA) is 49.8 Å². The van der Waals surface area contributed by atoms with E-state index in [1.54, 1.807) is 17.0 Å². The molecule has 0 aromatic heterocycles. The SMILES string of the molecule is CC(C)(C)OC(=O)N1CC2(C1)CC(O)(c1ccc(F)cc1)C2. The first kappa shape index (κ1) is 15.3. The van der Waals surface area contributed by atoms with Crippen molar-refractivity contribution >= 4 is 6.09 Å². The van der Waals surface area contributed by atoms with Gasteiger partial charge < -0.3 is 14.7 Å². The molecular formula is C17H22FNO3. The van der Waals surface area contributed by atoms with E-state index in [4.69, 9.17) is 4.74 Å². The van der Waals surface area contributed by atoms with Crippen LogP contribution in [0.25, 0.3) is 0 Å². The number of ether oxygens (including phenoxy) is 1. The molecule has 0 radical (unpaired) electrons. The molecule has 0 unspecified atom stereocenters. The van der Waals surface area contributed by atoms with Gasteiger partial charge in [-0.3, -0.25) is 0 Å². The van der Waals surface area contributed by atoms with Gasteiger partial charge in [-0.1, -0.05) is 12.1 Å². The highest BCUT2D eigenvalue weighted by molar-refractivity contribution is 5.69. The fourth-order valence-corrected chi connectivity index (χ4v) is 3.60. The Labute approximate surface area is 129 Å². The van der Waals surface area contributed by atoms with Gasteiger partial charge in [-0.2, -0.15) is 0 Å². The lowest BCUT2D eigenvalue weighted by molar-refractivity contribution is -0.190. The number of amides is 1. The van der Waals surface area contributed by atoms with Crippen LogP contribution in [0.15, 0.2) is 24.3 Å². The lowest BCUT2D eigenvalue weighted by Gasteiger charge is -2.62. The molecule has 1 aliphatic carbocycles. The van der Waals surface area contributed by atoms with Gasteiger partial charge in [-0.15, -0.1) is 0 Å². The van der Waals surface area contributed by atoms with Gasteiger partial charge >= 0.3 is 6.09 Å². The Balaban J connectivity index is 1.56. The summed E-state index contributed by atoms with van der Waals surface area (Å²) in [5.74, 6) is -0.305. The van der Waals surface area contributed by atoms with Gasteiger partial charge in [0.25, 0.3) is 0 Å². The molecule has 1 saturated heterocycles. The lowest BCUT2D eigenvalue weighted by atomic mass is 9.53. The number of rotatable bonds is 1. The predicted octanol–water partition coefficient (Wildman–Crippen LogP) is 3.04. The van der Waals surface area contributed by atoms with E-state index in [9.17, 15) is 14.3 Å². The molecule has 4 nitrogen and oxygen atoms in total. The van der Waals surface area contributed by atoms with Crippen LogP contribution in [0.4, 0.5) is 9.18 Å². The number of carbonyl (C=O) groups excluding carboxylic acids is 1. The first-order valence-corrected chi connectivity index (χ1v) is 7.57. The molecule has 22 heavy (non-hydrogen) atoms. The van der Waals surface area contributed by atoms with Gasteiger partial charge in [-0.25, -0.2) is 9.18 Å². The summed E-state index contributed by atoms with van der Waals surface area (Å²) < 4.78 is 18.3. The summed E-state index contributed by atoms with van der Waals surface area (Å²) in [6.45, 7) is 6.77. The Morgan fingerprint density at radius 3 is 2.27 bits per heavy atom. The molecule has 3 rings (SSSR count). The van der Waals surface area contributed by atoms with Gasteiger partial charge in [-0.05, 0) is 51.3 Å². The summed E-state index contributed by atoms with van der Waals surface area (Å²) in [5.41, 5.74) is -0.655. The van der Waals surface area contributed by atoms with Crippen molar-refractivity contribution < 1.29 is 19.0 Å². The van der Waals surface area contributed by atoms with E-state index < -0.39 is 11.2 Å². The van der Waals surface area contributed by atoms with Crippen molar-refractivity contribution in [1.29, 1.82) is 0 Å². The van der Waals surface area contributed by atoms with Crippen molar-refractivity contribution in [3.05, 3.63) is 35.6 Å². The van der Waals surface area contributed by atoms with Crippen LogP contribution in [-0.2, 0) is 10.3 Å². The van der Waals surface area contributed by atoms with Crippen LogP contribution in [0.3, 0.4) is 0 Å². The number of carbonyl (C=O) groups is 1. The number of nitrogens with zero attached hydrogens (tertiary/aromatic N) is 1. The quantitative estimate of drug-likeness (QED) is 0.867. The Hall–Kier alpha value is -1.62. The van der Waals surface area contributed by atoms with Crippen molar-refractivity contribution in [3.8, 4) is 0 Å². The summed E-state index contributed by atoms with van der Waals surface area (Å²) in [6.07, 6.45) is 0.908. The number of aliphatic hydroxyl groups is 1. The van der Waals surface area contributed by atoms with E-state index in [2.05, 4.69) is 0 Å². The Morgan fingerprint density at radius 2 is 1.77 bits per heavy atom. The maximum Gasteiger partial charge on any atom is 0.410 e. The minimum absolute atomic E-state index is 0.0138. The molecule has 1 amide bonds. The zero-order chi connectivity index (χ0) is 16.2. The molecular weight excluding hydrogens is 285 g/mol. The van der Waals surface area contributed by atoms with E-state index in [0.29, 0.717) is 25.9 Å². The molecule has 1 saturated carbocycles. The van der Waals surface area contributed by atoms with Crippen LogP contribution in [-0.4, -0.2) is 34.8 Å². The number of halogens is 1. The molecule has 1 N–H and O–H groups in total. The van der Waals surface area contributed by atoms with Crippen LogP contribution in [0, 0.1) is 11.2 Å². The Kier molecular flexibility index (Phi) is 3.25. The molecule has 5 heteroatoms. The fraction of sp³-hybridized carbons (Fsp3) is 0.588. The van der Waals surface area contributed by atoms with E-state index in [1.165, 1.54) is 12.1 Å². The summed E-state index contributed by atoms with van der Waals surface area (Å²) in [7, 11) is 0. The van der Waals surface area contributed by atoms with Gasteiger partial charge in [0.15, 0.2) is 0 Å². The average Bonchev–Trinajstić information content (AvgIpc) is 2.30. The van der Waals surface area contributed by atoms with E-state index in [0.717, 1.165) is 5.56 Å². The number of hydrogen-bond acceptors (Lipinski definition) is 3. The first-order valence-electron chi connectivity index (χ1n) is 7.57. The highest BCUT2D eigenvalue weighted by Crippen LogP contribution is 2.58. The van der Waals surface area contributed by atoms with Crippen LogP contribution in [0.5, 0.6) is 0 Å². The highest BCUT2D eigenvalue weighted by Gasteiger charge is 2.61. The normalized spacial score (nSPS) is 22.0. The molecule has 1 spiro atoms. The number of benzene rings is 1. The number of hydrogen-bond donors (Lipinski definition) is 1. The molecule has 1 aromatic carbocycles. The zero-order valence-electron chi connectivity index (χ0n) is 13.2. The van der Waals surface area contributed by atoms with Crippen LogP contribution < -0.4 is 0 Å². The highest BCUT2D eigenvalue weighted by atomic mass is 19.1. The van der Waals surface area contributed by atoms with Gasteiger partial charge in [0.2, 0.25) is 0 Å². The van der Waals surface area contributed by atoms with Gasteiger partial charge in [0.05, 0.1) is 5.60 Å². The Morgan fingerprint density at radius 1 is 1.23 bits per heavy atom. The molecule has 2 aliphatic rings. The summed E-state index contributed by atoms with van der Waals surface area (Å²) in [4.78, 5) is 13.6. The predicted molar refractivity (Wildman–Crippen MR) is 79.8 cm³/mol. The van der Waals surface area contributed by atoms with Crippen molar-refractivity contribution in [2.75, 3.05) is 13.1 Å². The van der Waals surface area contributed by atoms with Crippen molar-refractivity contribution in [1.82, 2.24) is 4.90 Å². The van der Waals surface area contributed by atoms with E-state index in [-0.39, 0.29) is 17.3 Å². The minimum atomic E-state index is -0.895. The standard InChI is InChI=1S/C17H22FNO3/c1-15(2,3)22-14(20)19-10-16(11-19)8-17(21,9-16)12-4-6-13(18)7-5-12/h4-7,21H,8-11H2,1-3H3. The maximum atomic E-state index is 13.0. The summed E-state index contributed by atoms with van der Waals surface area (Å²) in [5, 5.41) is 10.6. The second kappa shape index (κ2) is 4.69. The van der Waals surface area contributed by atoms with E-state index in [1.807, 2.05) is 20.8 Å². The summed E-state index contributed by atoms with van der Waals surface area (Å²) in [6, 6.07) is 6.00. The van der Waals surface area contributed by atoms with Crippen LogP contribution >= 0.6 is 0 Å². The van der Waals surface area contributed by atoms with Crippen molar-refractivity contribution in [3.63, 3.8) is 0 Å². The second-order valence-electron chi connectivity index (χ2n) is 7.73. The third kappa shape index (κ3) is 2.70. The summed E-state index contributed by atoms with van der Waals surface area (Å²) >= 11 is 0. The van der Waals surface area contributed by atoms with E-state index >= 15 is 0 Å². The van der Waals surface area contributed by atoms with Crippen molar-refractivity contribution in [2.45, 2.75) is 44.8 Å². The number of likely N-dealkylation sites (tertiary alicyclic amines) is 1. The zero-order valence-corrected chi connectivity index (χ0v) is 13.2. The Bertz CT molecular complexity index is 577. The second-order valence-corrected chi connectivity index (χ2v) is 7.73. The smallest absolute Gasteiger partial charge is 0.410 e. The van der Waals surface area contributed by atoms with Crippen LogP contribution in [0.2, 0.25) is 0 Å². The minimum Gasteiger partial charge on any atom is -0.444 e. The average molecular weight is 307 g/mol. The molecule has 1 aromatic rings. The maximum absolute atomic E-state index is 13.0. The van der Waals surface area contributed by atoms with Crippen molar-refractivity contribution in [2.24, 2.45) is 5.41 Å². The molecule has 1 heterocycles. The third-order valence-corrected chi connectivity index (χ3v) is 4.42. The largest absolute Gasteiger partial charge is 0.444 e. The molecule has 1 aliphatic heterocycles. The van der Waals surface area contributed by atoms with Crippen LogP contribution in [0.1, 0.15) is 39.2 Å². The lowest BCUT2D eigenvalue weighted by Crippen LogP contribution is -2.68. The van der Waals surface area contributed by atoms with Gasteiger partial charge in [0.1, 0.15) is 11.4 Å². The monoisotopic (exact) mass is 307 g/mol. The van der Waals surface area contributed by atoms with Gasteiger partial charge in [0, 0.05) is 18.5 Å². The third-order valence-electron chi connectivity index (χ3n) is 4.42. The first-order chi connectivity index (χ1) is 10.1. The molecule has 120 valence electrons. The molecule has 2 fully saturated rings. The molecule has 0 bridgehead atoms. The fourth-order valence-electron chi connectivity index (χ4n) is 3.60. The molecule has 0 atom stereocenters.